The smallest absolute Gasteiger partial charge is 0.325 e. The van der Waals surface area contributed by atoms with E-state index < -0.39 is 0 Å². The average Bonchev–Trinajstić information content (AvgIpc) is 2.32. The van der Waals surface area contributed by atoms with Gasteiger partial charge in [0.15, 0.2) is 0 Å². The molecular formula is C13H16BrNO3. The predicted molar refractivity (Wildman–Crippen MR) is 72.1 cm³/mol. The lowest BCUT2D eigenvalue weighted by molar-refractivity contribution is -0.147. The van der Waals surface area contributed by atoms with Gasteiger partial charge >= 0.3 is 5.97 Å². The summed E-state index contributed by atoms with van der Waals surface area (Å²) in [5.74, 6) is -0.491. The first kappa shape index (κ1) is 14.7. The molecule has 0 fully saturated rings. The fourth-order valence-electron chi connectivity index (χ4n) is 1.40. The summed E-state index contributed by atoms with van der Waals surface area (Å²) in [7, 11) is 1.60. The van der Waals surface area contributed by atoms with Crippen molar-refractivity contribution < 1.29 is 14.3 Å². The summed E-state index contributed by atoms with van der Waals surface area (Å²) in [4.78, 5) is 24.5. The highest BCUT2D eigenvalue weighted by molar-refractivity contribution is 9.10. The van der Waals surface area contributed by atoms with Gasteiger partial charge in [-0.25, -0.2) is 0 Å². The van der Waals surface area contributed by atoms with E-state index in [4.69, 9.17) is 4.74 Å². The maximum Gasteiger partial charge on any atom is 0.325 e. The van der Waals surface area contributed by atoms with Crippen molar-refractivity contribution in [3.8, 4) is 0 Å². The third-order valence-electron chi connectivity index (χ3n) is 2.37. The molecule has 98 valence electrons. The Bertz CT molecular complexity index is 417. The van der Waals surface area contributed by atoms with Crippen molar-refractivity contribution >= 4 is 27.8 Å². The van der Waals surface area contributed by atoms with E-state index in [9.17, 15) is 9.59 Å². The summed E-state index contributed by atoms with van der Waals surface area (Å²) >= 11 is 3.33. The van der Waals surface area contributed by atoms with Gasteiger partial charge in [-0.1, -0.05) is 28.1 Å². The number of carbonyl (C=O) groups is 2. The molecule has 1 amide bonds. The number of rotatable bonds is 5. The molecule has 1 rings (SSSR count). The zero-order chi connectivity index (χ0) is 13.5. The summed E-state index contributed by atoms with van der Waals surface area (Å²) in [5, 5.41) is 0. The van der Waals surface area contributed by atoms with Gasteiger partial charge in [-0.3, -0.25) is 9.59 Å². The monoisotopic (exact) mass is 313 g/mol. The molecule has 0 atom stereocenters. The largest absolute Gasteiger partial charge is 0.465 e. The standard InChI is InChI=1S/C13H16BrNO3/c1-3-18-13(17)9-15(2)12(16)8-10-4-6-11(14)7-5-10/h4-7H,3,8-9H2,1-2H3. The minimum atomic E-state index is -0.385. The Hall–Kier alpha value is -1.36. The Labute approximate surface area is 115 Å². The number of benzene rings is 1. The minimum Gasteiger partial charge on any atom is -0.465 e. The highest BCUT2D eigenvalue weighted by Gasteiger charge is 2.13. The van der Waals surface area contributed by atoms with Gasteiger partial charge in [0.1, 0.15) is 6.54 Å². The van der Waals surface area contributed by atoms with Crippen LogP contribution in [0.4, 0.5) is 0 Å². The van der Waals surface area contributed by atoms with Crippen LogP contribution in [0, 0.1) is 0 Å². The Morgan fingerprint density at radius 2 is 1.89 bits per heavy atom. The average molecular weight is 314 g/mol. The molecule has 0 aromatic heterocycles. The number of hydrogen-bond acceptors (Lipinski definition) is 3. The van der Waals surface area contributed by atoms with Gasteiger partial charge in [-0.15, -0.1) is 0 Å². The minimum absolute atomic E-state index is 0.0107. The lowest BCUT2D eigenvalue weighted by Crippen LogP contribution is -2.34. The van der Waals surface area contributed by atoms with Gasteiger partial charge in [0, 0.05) is 11.5 Å². The normalized spacial score (nSPS) is 9.94. The number of ether oxygens (including phenoxy) is 1. The fraction of sp³-hybridized carbons (Fsp3) is 0.385. The summed E-state index contributed by atoms with van der Waals surface area (Å²) in [6, 6.07) is 7.52. The molecule has 0 aliphatic carbocycles. The summed E-state index contributed by atoms with van der Waals surface area (Å²) in [6.45, 7) is 2.05. The van der Waals surface area contributed by atoms with Crippen molar-refractivity contribution in [2.45, 2.75) is 13.3 Å². The van der Waals surface area contributed by atoms with Gasteiger partial charge in [0.2, 0.25) is 5.91 Å². The molecule has 1 aromatic rings. The zero-order valence-electron chi connectivity index (χ0n) is 10.5. The van der Waals surface area contributed by atoms with Gasteiger partial charge in [0.05, 0.1) is 13.0 Å². The molecule has 0 N–H and O–H groups in total. The molecule has 0 saturated heterocycles. The number of esters is 1. The van der Waals surface area contributed by atoms with Crippen LogP contribution in [-0.4, -0.2) is 37.0 Å². The summed E-state index contributed by atoms with van der Waals surface area (Å²) in [6.07, 6.45) is 0.281. The SMILES string of the molecule is CCOC(=O)CN(C)C(=O)Cc1ccc(Br)cc1. The molecule has 18 heavy (non-hydrogen) atoms. The Morgan fingerprint density at radius 3 is 2.44 bits per heavy atom. The van der Waals surface area contributed by atoms with Gasteiger partial charge in [-0.2, -0.15) is 0 Å². The van der Waals surface area contributed by atoms with Crippen LogP contribution in [0.3, 0.4) is 0 Å². The van der Waals surface area contributed by atoms with E-state index >= 15 is 0 Å². The molecule has 1 aromatic carbocycles. The van der Waals surface area contributed by atoms with Crippen LogP contribution in [0.1, 0.15) is 12.5 Å². The first-order valence-corrected chi connectivity index (χ1v) is 6.46. The van der Waals surface area contributed by atoms with Crippen molar-refractivity contribution in [2.24, 2.45) is 0 Å². The van der Waals surface area contributed by atoms with Gasteiger partial charge < -0.3 is 9.64 Å². The Kier molecular flexibility index (Phi) is 5.85. The molecule has 0 aliphatic heterocycles. The molecule has 5 heteroatoms. The molecule has 0 spiro atoms. The third-order valence-corrected chi connectivity index (χ3v) is 2.89. The summed E-state index contributed by atoms with van der Waals surface area (Å²) < 4.78 is 5.76. The van der Waals surface area contributed by atoms with Crippen LogP contribution in [0.15, 0.2) is 28.7 Å². The molecule has 0 radical (unpaired) electrons. The quantitative estimate of drug-likeness (QED) is 0.781. The Balaban J connectivity index is 2.49. The maximum atomic E-state index is 11.8. The topological polar surface area (TPSA) is 46.6 Å². The molecule has 0 aliphatic rings. The van der Waals surface area contributed by atoms with Crippen molar-refractivity contribution in [3.05, 3.63) is 34.3 Å². The summed E-state index contributed by atoms with van der Waals surface area (Å²) in [5.41, 5.74) is 0.916. The van der Waals surface area contributed by atoms with E-state index in [0.29, 0.717) is 6.61 Å². The molecule has 0 heterocycles. The fourth-order valence-corrected chi connectivity index (χ4v) is 1.66. The molecular weight excluding hydrogens is 298 g/mol. The van der Waals surface area contributed by atoms with Crippen LogP contribution < -0.4 is 0 Å². The van der Waals surface area contributed by atoms with E-state index in [1.54, 1.807) is 14.0 Å². The van der Waals surface area contributed by atoms with Crippen molar-refractivity contribution in [2.75, 3.05) is 20.2 Å². The predicted octanol–water partition coefficient (Wildman–Crippen LogP) is 2.01. The second-order valence-electron chi connectivity index (χ2n) is 3.86. The number of carbonyl (C=O) groups excluding carboxylic acids is 2. The number of nitrogens with zero attached hydrogens (tertiary/aromatic N) is 1. The highest BCUT2D eigenvalue weighted by atomic mass is 79.9. The maximum absolute atomic E-state index is 11.8. The van der Waals surface area contributed by atoms with Gasteiger partial charge in [-0.05, 0) is 24.6 Å². The van der Waals surface area contributed by atoms with Crippen molar-refractivity contribution in [1.29, 1.82) is 0 Å². The number of hydrogen-bond donors (Lipinski definition) is 0. The van der Waals surface area contributed by atoms with Crippen molar-refractivity contribution in [1.82, 2.24) is 4.90 Å². The molecule has 0 bridgehead atoms. The molecule has 4 nitrogen and oxygen atoms in total. The third kappa shape index (κ3) is 4.87. The number of halogens is 1. The van der Waals surface area contributed by atoms with E-state index in [2.05, 4.69) is 15.9 Å². The van der Waals surface area contributed by atoms with Gasteiger partial charge in [0.25, 0.3) is 0 Å². The zero-order valence-corrected chi connectivity index (χ0v) is 12.1. The lowest BCUT2D eigenvalue weighted by atomic mass is 10.1. The van der Waals surface area contributed by atoms with E-state index in [1.807, 2.05) is 24.3 Å². The molecule has 0 unspecified atom stereocenters. The number of amides is 1. The Morgan fingerprint density at radius 1 is 1.28 bits per heavy atom. The van der Waals surface area contributed by atoms with Crippen LogP contribution in [0.2, 0.25) is 0 Å². The van der Waals surface area contributed by atoms with Crippen molar-refractivity contribution in [3.63, 3.8) is 0 Å². The van der Waals surface area contributed by atoms with E-state index in [0.717, 1.165) is 10.0 Å². The second kappa shape index (κ2) is 7.16. The number of likely N-dealkylation sites (N-methyl/N-ethyl adjacent to an activating group) is 1. The second-order valence-corrected chi connectivity index (χ2v) is 4.77. The van der Waals surface area contributed by atoms with E-state index in [1.165, 1.54) is 4.90 Å². The van der Waals surface area contributed by atoms with Crippen LogP contribution >= 0.6 is 15.9 Å². The first-order chi connectivity index (χ1) is 8.52. The molecule has 0 saturated carbocycles. The lowest BCUT2D eigenvalue weighted by Gasteiger charge is -2.16. The highest BCUT2D eigenvalue weighted by Crippen LogP contribution is 2.11. The van der Waals surface area contributed by atoms with E-state index in [-0.39, 0.29) is 24.8 Å². The first-order valence-electron chi connectivity index (χ1n) is 5.67. The van der Waals surface area contributed by atoms with Crippen LogP contribution in [-0.2, 0) is 20.7 Å². The van der Waals surface area contributed by atoms with Crippen LogP contribution in [0.25, 0.3) is 0 Å². The van der Waals surface area contributed by atoms with Crippen LogP contribution in [0.5, 0.6) is 0 Å².